The minimum atomic E-state index is -0.757. The average Bonchev–Trinajstić information content (AvgIpc) is 2.39. The van der Waals surface area contributed by atoms with Crippen LogP contribution in [0.2, 0.25) is 0 Å². The van der Waals surface area contributed by atoms with E-state index in [1.54, 1.807) is 16.9 Å². The number of piperidine rings is 1. The van der Waals surface area contributed by atoms with Gasteiger partial charge < -0.3 is 19.6 Å². The highest BCUT2D eigenvalue weighted by molar-refractivity contribution is 5.76. The van der Waals surface area contributed by atoms with Crippen molar-refractivity contribution < 1.29 is 19.4 Å². The molecule has 0 spiro atoms. The zero-order valence-corrected chi connectivity index (χ0v) is 12.0. The highest BCUT2D eigenvalue weighted by Crippen LogP contribution is 2.19. The van der Waals surface area contributed by atoms with E-state index in [9.17, 15) is 9.59 Å². The third-order valence-corrected chi connectivity index (χ3v) is 3.64. The lowest BCUT2D eigenvalue weighted by molar-refractivity contribution is -0.143. The van der Waals surface area contributed by atoms with Crippen molar-refractivity contribution in [1.29, 1.82) is 0 Å². The van der Waals surface area contributed by atoms with Gasteiger partial charge in [0.1, 0.15) is 0 Å². The van der Waals surface area contributed by atoms with Crippen LogP contribution in [-0.4, -0.2) is 66.3 Å². The Morgan fingerprint density at radius 3 is 2.42 bits per heavy atom. The Morgan fingerprint density at radius 2 is 2.00 bits per heavy atom. The summed E-state index contributed by atoms with van der Waals surface area (Å²) in [4.78, 5) is 26.8. The van der Waals surface area contributed by atoms with Gasteiger partial charge in [-0.2, -0.15) is 0 Å². The Labute approximate surface area is 114 Å². The van der Waals surface area contributed by atoms with E-state index in [0.29, 0.717) is 39.1 Å². The molecule has 0 saturated carbocycles. The summed E-state index contributed by atoms with van der Waals surface area (Å²) in [5.74, 6) is -1.07. The Hall–Kier alpha value is -1.30. The van der Waals surface area contributed by atoms with Crippen LogP contribution >= 0.6 is 0 Å². The van der Waals surface area contributed by atoms with Crippen molar-refractivity contribution in [2.45, 2.75) is 32.7 Å². The van der Waals surface area contributed by atoms with Crippen molar-refractivity contribution in [1.82, 2.24) is 9.80 Å². The highest BCUT2D eigenvalue weighted by Gasteiger charge is 2.30. The van der Waals surface area contributed by atoms with Crippen molar-refractivity contribution in [2.24, 2.45) is 5.92 Å². The number of carbonyl (C=O) groups is 2. The lowest BCUT2D eigenvalue weighted by Gasteiger charge is -2.36. The van der Waals surface area contributed by atoms with Gasteiger partial charge in [-0.1, -0.05) is 0 Å². The summed E-state index contributed by atoms with van der Waals surface area (Å²) in [6.07, 6.45) is 1.08. The molecule has 1 rings (SSSR count). The van der Waals surface area contributed by atoms with Crippen LogP contribution in [0.25, 0.3) is 0 Å². The van der Waals surface area contributed by atoms with Crippen LogP contribution in [0, 0.1) is 5.92 Å². The number of likely N-dealkylation sites (N-methyl/N-ethyl adjacent to an activating group) is 1. The van der Waals surface area contributed by atoms with Gasteiger partial charge in [-0.15, -0.1) is 0 Å². The van der Waals surface area contributed by atoms with Crippen LogP contribution in [0.4, 0.5) is 4.79 Å². The number of carboxylic acids is 1. The van der Waals surface area contributed by atoms with E-state index in [1.807, 2.05) is 13.8 Å². The van der Waals surface area contributed by atoms with E-state index in [1.165, 1.54) is 0 Å². The fourth-order valence-electron chi connectivity index (χ4n) is 2.47. The molecule has 0 aliphatic carbocycles. The molecular formula is C13H24N2O4. The summed E-state index contributed by atoms with van der Waals surface area (Å²) in [7, 11) is 1.62. The van der Waals surface area contributed by atoms with E-state index >= 15 is 0 Å². The Balaban J connectivity index is 2.55. The molecule has 0 aromatic heterocycles. The van der Waals surface area contributed by atoms with Crippen LogP contribution in [0.3, 0.4) is 0 Å². The van der Waals surface area contributed by atoms with Gasteiger partial charge >= 0.3 is 12.0 Å². The second-order valence-electron chi connectivity index (χ2n) is 4.97. The molecule has 1 fully saturated rings. The maximum Gasteiger partial charge on any atom is 0.320 e. The first-order chi connectivity index (χ1) is 9.01. The van der Waals surface area contributed by atoms with Crippen LogP contribution in [0.1, 0.15) is 26.7 Å². The first kappa shape index (κ1) is 15.8. The zero-order chi connectivity index (χ0) is 14.4. The van der Waals surface area contributed by atoms with Crippen LogP contribution < -0.4 is 0 Å². The number of urea groups is 1. The van der Waals surface area contributed by atoms with Crippen LogP contribution in [-0.2, 0) is 9.53 Å². The fourth-order valence-corrected chi connectivity index (χ4v) is 2.47. The molecule has 1 aliphatic rings. The molecule has 6 heteroatoms. The van der Waals surface area contributed by atoms with Gasteiger partial charge in [0.15, 0.2) is 0 Å². The van der Waals surface area contributed by atoms with Crippen molar-refractivity contribution in [2.75, 3.05) is 33.4 Å². The average molecular weight is 272 g/mol. The molecule has 1 saturated heterocycles. The Morgan fingerprint density at radius 1 is 1.42 bits per heavy atom. The number of ether oxygens (including phenoxy) is 1. The smallest absolute Gasteiger partial charge is 0.320 e. The molecule has 0 aromatic carbocycles. The van der Waals surface area contributed by atoms with E-state index < -0.39 is 5.97 Å². The third-order valence-electron chi connectivity index (χ3n) is 3.64. The first-order valence-corrected chi connectivity index (χ1v) is 6.78. The molecule has 1 atom stereocenters. The van der Waals surface area contributed by atoms with E-state index in [2.05, 4.69) is 0 Å². The predicted molar refractivity (Wildman–Crippen MR) is 71.0 cm³/mol. The topological polar surface area (TPSA) is 70.1 Å². The number of hydrogen-bond acceptors (Lipinski definition) is 3. The number of likely N-dealkylation sites (tertiary alicyclic amines) is 1. The summed E-state index contributed by atoms with van der Waals surface area (Å²) in [6, 6.07) is 0.00980. The first-order valence-electron chi connectivity index (χ1n) is 6.78. The quantitative estimate of drug-likeness (QED) is 0.818. The highest BCUT2D eigenvalue weighted by atomic mass is 16.5. The third kappa shape index (κ3) is 4.09. The number of carbonyl (C=O) groups excluding carboxylic acids is 1. The molecule has 1 aliphatic heterocycles. The van der Waals surface area contributed by atoms with Gasteiger partial charge in [-0.05, 0) is 26.7 Å². The Kier molecular flexibility index (Phi) is 6.08. The molecule has 2 amide bonds. The van der Waals surface area contributed by atoms with Crippen molar-refractivity contribution in [3.8, 4) is 0 Å². The van der Waals surface area contributed by atoms with Crippen molar-refractivity contribution in [3.63, 3.8) is 0 Å². The van der Waals surface area contributed by atoms with Gasteiger partial charge in [0, 0.05) is 26.7 Å². The molecule has 19 heavy (non-hydrogen) atoms. The number of amides is 2. The summed E-state index contributed by atoms with van der Waals surface area (Å²) in [5.41, 5.74) is 0. The molecule has 0 radical (unpaired) electrons. The minimum Gasteiger partial charge on any atom is -0.481 e. The lowest BCUT2D eigenvalue weighted by atomic mass is 9.97. The van der Waals surface area contributed by atoms with Crippen LogP contribution in [0.15, 0.2) is 0 Å². The van der Waals surface area contributed by atoms with Gasteiger partial charge in [0.25, 0.3) is 0 Å². The predicted octanol–water partition coefficient (Wildman–Crippen LogP) is 1.26. The van der Waals surface area contributed by atoms with Crippen molar-refractivity contribution >= 4 is 12.0 Å². The molecule has 6 nitrogen and oxygen atoms in total. The second-order valence-corrected chi connectivity index (χ2v) is 4.97. The largest absolute Gasteiger partial charge is 0.481 e. The lowest BCUT2D eigenvalue weighted by Crippen LogP contribution is -2.51. The molecule has 0 aromatic rings. The molecule has 110 valence electrons. The van der Waals surface area contributed by atoms with Gasteiger partial charge in [-0.3, -0.25) is 4.79 Å². The van der Waals surface area contributed by atoms with Crippen LogP contribution in [0.5, 0.6) is 0 Å². The number of carboxylic acid groups (broad SMARTS) is 1. The number of rotatable bonds is 5. The van der Waals surface area contributed by atoms with Gasteiger partial charge in [0.2, 0.25) is 0 Å². The molecule has 0 bridgehead atoms. The van der Waals surface area contributed by atoms with Gasteiger partial charge in [-0.25, -0.2) is 4.79 Å². The van der Waals surface area contributed by atoms with E-state index in [0.717, 1.165) is 0 Å². The second kappa shape index (κ2) is 7.33. The number of hydrogen-bond donors (Lipinski definition) is 1. The van der Waals surface area contributed by atoms with E-state index in [4.69, 9.17) is 9.84 Å². The number of methoxy groups -OCH3 is 1. The summed E-state index contributed by atoms with van der Waals surface area (Å²) < 4.78 is 5.08. The monoisotopic (exact) mass is 272 g/mol. The minimum absolute atomic E-state index is 0.0177. The summed E-state index contributed by atoms with van der Waals surface area (Å²) in [6.45, 7) is 6.06. The standard InChI is InChI=1S/C13H24N2O4/c1-4-15(10(2)9-19-3)13(18)14-7-5-11(6-8-14)12(16)17/h10-11H,4-9H2,1-3H3,(H,16,17). The summed E-state index contributed by atoms with van der Waals surface area (Å²) >= 11 is 0. The summed E-state index contributed by atoms with van der Waals surface area (Å²) in [5, 5.41) is 8.95. The molecule has 1 heterocycles. The molecule has 1 unspecified atom stereocenters. The fraction of sp³-hybridized carbons (Fsp3) is 0.846. The SMILES string of the molecule is CCN(C(=O)N1CCC(C(=O)O)CC1)C(C)COC. The van der Waals surface area contributed by atoms with Gasteiger partial charge in [0.05, 0.1) is 18.6 Å². The molecular weight excluding hydrogens is 248 g/mol. The maximum atomic E-state index is 12.4. The van der Waals surface area contributed by atoms with Crippen molar-refractivity contribution in [3.05, 3.63) is 0 Å². The number of nitrogens with zero attached hydrogens (tertiary/aromatic N) is 2. The zero-order valence-electron chi connectivity index (χ0n) is 12.0. The van der Waals surface area contributed by atoms with E-state index in [-0.39, 0.29) is 18.0 Å². The Bertz CT molecular complexity index is 314. The number of aliphatic carboxylic acids is 1. The maximum absolute atomic E-state index is 12.4. The molecule has 1 N–H and O–H groups in total. The normalized spacial score (nSPS) is 18.2.